The number of nitrogens with one attached hydrogen (secondary N) is 1. The fraction of sp³-hybridized carbons (Fsp3) is 0.167. The molecule has 0 saturated heterocycles. The Hall–Kier alpha value is -3.15. The van der Waals surface area contributed by atoms with Gasteiger partial charge in [-0.1, -0.05) is 65.8 Å². The van der Waals surface area contributed by atoms with Crippen molar-refractivity contribution in [2.24, 2.45) is 10.9 Å². The van der Waals surface area contributed by atoms with Crippen LogP contribution < -0.4 is 11.1 Å². The first-order chi connectivity index (χ1) is 11.6. The number of carbonyl (C=O) groups is 2. The Morgan fingerprint density at radius 3 is 2.33 bits per heavy atom. The molecular weight excluding hydrogens is 306 g/mol. The molecule has 2 aromatic carbocycles. The average Bonchev–Trinajstić information content (AvgIpc) is 3.11. The fourth-order valence-corrected chi connectivity index (χ4v) is 2.52. The molecule has 2 amide bonds. The molecular formula is C18H17N3O3. The molecule has 3 N–H and O–H groups in total. The zero-order valence-electron chi connectivity index (χ0n) is 12.9. The summed E-state index contributed by atoms with van der Waals surface area (Å²) < 4.78 is 0. The van der Waals surface area contributed by atoms with Crippen molar-refractivity contribution in [3.8, 4) is 0 Å². The summed E-state index contributed by atoms with van der Waals surface area (Å²) in [6.45, 7) is 0. The third-order valence-corrected chi connectivity index (χ3v) is 3.77. The SMILES string of the molecule is NC(=O)[C@H](NC(=O)[C@H]1CC(c2ccccc2)=NO1)c1ccccc1. The minimum Gasteiger partial charge on any atom is -0.382 e. The Labute approximate surface area is 139 Å². The molecule has 1 aliphatic rings. The molecule has 1 aliphatic heterocycles. The lowest BCUT2D eigenvalue weighted by molar-refractivity contribution is -0.134. The highest BCUT2D eigenvalue weighted by Gasteiger charge is 2.31. The van der Waals surface area contributed by atoms with E-state index >= 15 is 0 Å². The molecule has 0 radical (unpaired) electrons. The van der Waals surface area contributed by atoms with E-state index < -0.39 is 24.0 Å². The van der Waals surface area contributed by atoms with Crippen molar-refractivity contribution in [1.82, 2.24) is 5.32 Å². The van der Waals surface area contributed by atoms with E-state index in [0.29, 0.717) is 17.7 Å². The predicted molar refractivity (Wildman–Crippen MR) is 89.0 cm³/mol. The van der Waals surface area contributed by atoms with Gasteiger partial charge >= 0.3 is 0 Å². The average molecular weight is 323 g/mol. The van der Waals surface area contributed by atoms with E-state index in [4.69, 9.17) is 10.6 Å². The van der Waals surface area contributed by atoms with Crippen molar-refractivity contribution in [3.63, 3.8) is 0 Å². The van der Waals surface area contributed by atoms with Crippen LogP contribution >= 0.6 is 0 Å². The number of amides is 2. The van der Waals surface area contributed by atoms with Crippen LogP contribution in [0, 0.1) is 0 Å². The van der Waals surface area contributed by atoms with E-state index in [9.17, 15) is 9.59 Å². The van der Waals surface area contributed by atoms with Gasteiger partial charge in [0, 0.05) is 6.42 Å². The molecule has 0 spiro atoms. The van der Waals surface area contributed by atoms with Gasteiger partial charge in [-0.2, -0.15) is 0 Å². The molecule has 6 nitrogen and oxygen atoms in total. The summed E-state index contributed by atoms with van der Waals surface area (Å²) in [7, 11) is 0. The Kier molecular flexibility index (Phi) is 4.56. The van der Waals surface area contributed by atoms with Crippen molar-refractivity contribution < 1.29 is 14.4 Å². The lowest BCUT2D eigenvalue weighted by atomic mass is 10.0. The third-order valence-electron chi connectivity index (χ3n) is 3.77. The molecule has 0 unspecified atom stereocenters. The van der Waals surface area contributed by atoms with Crippen molar-refractivity contribution >= 4 is 17.5 Å². The molecule has 0 aliphatic carbocycles. The molecule has 1 heterocycles. The van der Waals surface area contributed by atoms with E-state index in [2.05, 4.69) is 10.5 Å². The number of nitrogens with zero attached hydrogens (tertiary/aromatic N) is 1. The minimum atomic E-state index is -0.900. The summed E-state index contributed by atoms with van der Waals surface area (Å²) in [6, 6.07) is 17.4. The zero-order chi connectivity index (χ0) is 16.9. The number of rotatable bonds is 5. The molecule has 0 saturated carbocycles. The Bertz CT molecular complexity index is 760. The summed E-state index contributed by atoms with van der Waals surface area (Å²) in [5, 5.41) is 6.61. The van der Waals surface area contributed by atoms with Crippen molar-refractivity contribution in [2.75, 3.05) is 0 Å². The molecule has 24 heavy (non-hydrogen) atoms. The summed E-state index contributed by atoms with van der Waals surface area (Å²) in [5.74, 6) is -1.05. The van der Waals surface area contributed by atoms with Gasteiger partial charge in [0.1, 0.15) is 6.04 Å². The topological polar surface area (TPSA) is 93.8 Å². The van der Waals surface area contributed by atoms with Gasteiger partial charge in [-0.25, -0.2) is 0 Å². The first-order valence-electron chi connectivity index (χ1n) is 7.58. The Morgan fingerprint density at radius 2 is 1.71 bits per heavy atom. The van der Waals surface area contributed by atoms with Gasteiger partial charge in [-0.15, -0.1) is 0 Å². The van der Waals surface area contributed by atoms with E-state index in [-0.39, 0.29) is 0 Å². The number of hydrogen-bond acceptors (Lipinski definition) is 4. The largest absolute Gasteiger partial charge is 0.382 e. The Morgan fingerprint density at radius 1 is 1.08 bits per heavy atom. The molecule has 2 atom stereocenters. The molecule has 0 fully saturated rings. The summed E-state index contributed by atoms with van der Waals surface area (Å²) in [5.41, 5.74) is 7.64. The van der Waals surface area contributed by atoms with Gasteiger partial charge in [0.15, 0.2) is 0 Å². The molecule has 6 heteroatoms. The molecule has 2 aromatic rings. The summed E-state index contributed by atoms with van der Waals surface area (Å²) >= 11 is 0. The van der Waals surface area contributed by atoms with Crippen LogP contribution in [0.25, 0.3) is 0 Å². The Balaban J connectivity index is 1.66. The maximum Gasteiger partial charge on any atom is 0.265 e. The highest BCUT2D eigenvalue weighted by Crippen LogP contribution is 2.18. The highest BCUT2D eigenvalue weighted by atomic mass is 16.6. The second-order valence-corrected chi connectivity index (χ2v) is 5.46. The third kappa shape index (κ3) is 3.43. The first-order valence-corrected chi connectivity index (χ1v) is 7.58. The zero-order valence-corrected chi connectivity index (χ0v) is 12.9. The van der Waals surface area contributed by atoms with Crippen molar-refractivity contribution in [3.05, 3.63) is 71.8 Å². The lowest BCUT2D eigenvalue weighted by Gasteiger charge is -2.17. The number of primary amides is 1. The molecule has 3 rings (SSSR count). The van der Waals surface area contributed by atoms with Crippen molar-refractivity contribution in [1.29, 1.82) is 0 Å². The normalized spacial score (nSPS) is 17.5. The van der Waals surface area contributed by atoms with Gasteiger partial charge < -0.3 is 15.9 Å². The van der Waals surface area contributed by atoms with Crippen LogP contribution in [0.5, 0.6) is 0 Å². The van der Waals surface area contributed by atoms with Crippen LogP contribution in [-0.2, 0) is 14.4 Å². The first kappa shape index (κ1) is 15.7. The van der Waals surface area contributed by atoms with Crippen LogP contribution in [0.2, 0.25) is 0 Å². The number of hydrogen-bond donors (Lipinski definition) is 2. The lowest BCUT2D eigenvalue weighted by Crippen LogP contribution is -2.42. The van der Waals surface area contributed by atoms with Gasteiger partial charge in [-0.05, 0) is 11.1 Å². The van der Waals surface area contributed by atoms with Gasteiger partial charge in [-0.3, -0.25) is 9.59 Å². The second kappa shape index (κ2) is 6.95. The van der Waals surface area contributed by atoms with Crippen LogP contribution in [-0.4, -0.2) is 23.6 Å². The van der Waals surface area contributed by atoms with Gasteiger partial charge in [0.2, 0.25) is 12.0 Å². The van der Waals surface area contributed by atoms with Gasteiger partial charge in [0.05, 0.1) is 5.71 Å². The quantitative estimate of drug-likeness (QED) is 0.873. The number of oxime groups is 1. The smallest absolute Gasteiger partial charge is 0.265 e. The summed E-state index contributed by atoms with van der Waals surface area (Å²) in [6.07, 6.45) is -0.429. The number of carbonyl (C=O) groups excluding carboxylic acids is 2. The standard InChI is InChI=1S/C18H17N3O3/c19-17(22)16(13-9-5-2-6-10-13)20-18(23)15-11-14(21-24-15)12-7-3-1-4-8-12/h1-10,15-16H,11H2,(H2,19,22)(H,20,23)/t15-,16-/m1/s1. The number of nitrogens with two attached hydrogens (primary N) is 1. The number of benzene rings is 2. The molecule has 0 aromatic heterocycles. The minimum absolute atomic E-state index is 0.343. The van der Waals surface area contributed by atoms with E-state index in [1.54, 1.807) is 24.3 Å². The van der Waals surface area contributed by atoms with Crippen LogP contribution in [0.1, 0.15) is 23.6 Å². The van der Waals surface area contributed by atoms with E-state index in [1.165, 1.54) is 0 Å². The van der Waals surface area contributed by atoms with Crippen LogP contribution in [0.4, 0.5) is 0 Å². The fourth-order valence-electron chi connectivity index (χ4n) is 2.52. The predicted octanol–water partition coefficient (Wildman–Crippen LogP) is 1.52. The molecule has 0 bridgehead atoms. The van der Waals surface area contributed by atoms with Crippen LogP contribution in [0.3, 0.4) is 0 Å². The van der Waals surface area contributed by atoms with Crippen LogP contribution in [0.15, 0.2) is 65.8 Å². The maximum atomic E-state index is 12.4. The highest BCUT2D eigenvalue weighted by molar-refractivity contribution is 6.04. The monoisotopic (exact) mass is 323 g/mol. The van der Waals surface area contributed by atoms with Gasteiger partial charge in [0.25, 0.3) is 5.91 Å². The van der Waals surface area contributed by atoms with E-state index in [0.717, 1.165) is 5.56 Å². The van der Waals surface area contributed by atoms with Crippen molar-refractivity contribution in [2.45, 2.75) is 18.6 Å². The molecule has 122 valence electrons. The summed E-state index contributed by atoms with van der Waals surface area (Å²) in [4.78, 5) is 29.3. The van der Waals surface area contributed by atoms with E-state index in [1.807, 2.05) is 36.4 Å². The second-order valence-electron chi connectivity index (χ2n) is 5.46. The maximum absolute atomic E-state index is 12.4.